The van der Waals surface area contributed by atoms with Gasteiger partial charge in [-0.1, -0.05) is 45.2 Å². The maximum absolute atomic E-state index is 6.36. The summed E-state index contributed by atoms with van der Waals surface area (Å²) in [6.07, 6.45) is 2.32. The lowest BCUT2D eigenvalue weighted by Gasteiger charge is -2.28. The minimum Gasteiger partial charge on any atom is -0.376 e. The molecule has 1 fully saturated rings. The Labute approximate surface area is 177 Å². The Hall–Kier alpha value is -0.850. The molecule has 1 aliphatic rings. The summed E-state index contributed by atoms with van der Waals surface area (Å²) >= 11 is 21.5. The zero-order chi connectivity index (χ0) is 18.5. The molecule has 1 saturated heterocycles. The van der Waals surface area contributed by atoms with Crippen molar-refractivity contribution in [3.63, 3.8) is 0 Å². The molecule has 3 nitrogen and oxygen atoms in total. The molecule has 2 aromatic rings. The lowest BCUT2D eigenvalue weighted by molar-refractivity contribution is 0.0905. The van der Waals surface area contributed by atoms with Gasteiger partial charge in [-0.15, -0.1) is 0 Å². The lowest BCUT2D eigenvalue weighted by Crippen LogP contribution is -2.39. The van der Waals surface area contributed by atoms with Gasteiger partial charge in [0.1, 0.15) is 0 Å². The zero-order valence-corrected chi connectivity index (χ0v) is 18.0. The van der Waals surface area contributed by atoms with Crippen molar-refractivity contribution >= 4 is 62.1 Å². The Bertz CT molecular complexity index is 767. The van der Waals surface area contributed by atoms with Crippen molar-refractivity contribution in [2.24, 2.45) is 0 Å². The normalized spacial score (nSPS) is 16.5. The highest BCUT2D eigenvalue weighted by molar-refractivity contribution is 9.10. The third-order valence-corrected chi connectivity index (χ3v) is 5.68. The van der Waals surface area contributed by atoms with Crippen LogP contribution in [0.25, 0.3) is 0 Å². The molecule has 1 aliphatic heterocycles. The largest absolute Gasteiger partial charge is 0.376 e. The lowest BCUT2D eigenvalue weighted by atomic mass is 10.2. The van der Waals surface area contributed by atoms with Gasteiger partial charge in [-0.3, -0.25) is 0 Å². The van der Waals surface area contributed by atoms with Crippen molar-refractivity contribution in [2.75, 3.05) is 18.5 Å². The van der Waals surface area contributed by atoms with Gasteiger partial charge in [0.15, 0.2) is 5.11 Å². The average molecular weight is 474 g/mol. The first-order chi connectivity index (χ1) is 12.5. The fourth-order valence-electron chi connectivity index (χ4n) is 2.84. The van der Waals surface area contributed by atoms with Gasteiger partial charge >= 0.3 is 0 Å². The molecule has 2 aromatic carbocycles. The zero-order valence-electron chi connectivity index (χ0n) is 14.1. The van der Waals surface area contributed by atoms with Gasteiger partial charge in [0.2, 0.25) is 0 Å². The molecule has 0 spiro atoms. The molecule has 0 aromatic heterocycles. The number of hydrogen-bond acceptors (Lipinski definition) is 2. The van der Waals surface area contributed by atoms with E-state index in [0.29, 0.717) is 21.7 Å². The minimum atomic E-state index is 0.186. The number of benzene rings is 2. The Morgan fingerprint density at radius 2 is 2.00 bits per heavy atom. The quantitative estimate of drug-likeness (QED) is 0.527. The second-order valence-corrected chi connectivity index (χ2v) is 8.33. The van der Waals surface area contributed by atoms with Gasteiger partial charge in [-0.25, -0.2) is 0 Å². The second kappa shape index (κ2) is 9.38. The fourth-order valence-corrected chi connectivity index (χ4v) is 3.83. The number of nitrogens with one attached hydrogen (secondary N) is 1. The van der Waals surface area contributed by atoms with E-state index in [1.165, 1.54) is 0 Å². The highest BCUT2D eigenvalue weighted by Gasteiger charge is 2.22. The van der Waals surface area contributed by atoms with E-state index in [2.05, 4.69) is 26.1 Å². The van der Waals surface area contributed by atoms with Crippen LogP contribution in [0.4, 0.5) is 5.69 Å². The van der Waals surface area contributed by atoms with E-state index in [4.69, 9.17) is 40.2 Å². The Balaban J connectivity index is 1.74. The molecule has 3 rings (SSSR count). The number of hydrogen-bond donors (Lipinski definition) is 1. The Morgan fingerprint density at radius 1 is 1.23 bits per heavy atom. The molecule has 1 unspecified atom stereocenters. The van der Waals surface area contributed by atoms with Crippen LogP contribution in [0.2, 0.25) is 10.0 Å². The molecule has 26 heavy (non-hydrogen) atoms. The van der Waals surface area contributed by atoms with E-state index in [1.54, 1.807) is 6.07 Å². The van der Waals surface area contributed by atoms with Crippen molar-refractivity contribution in [2.45, 2.75) is 25.5 Å². The molecule has 138 valence electrons. The predicted molar refractivity (Wildman–Crippen MR) is 116 cm³/mol. The predicted octanol–water partition coefficient (Wildman–Crippen LogP) is 6.13. The van der Waals surface area contributed by atoms with Crippen molar-refractivity contribution in [3.05, 3.63) is 62.5 Å². The number of nitrogens with zero attached hydrogens (tertiary/aromatic N) is 1. The molecular formula is C19H19BrCl2N2OS. The molecule has 0 bridgehead atoms. The van der Waals surface area contributed by atoms with Gasteiger partial charge in [-0.05, 0) is 67.0 Å². The number of anilines is 1. The maximum Gasteiger partial charge on any atom is 0.173 e. The van der Waals surface area contributed by atoms with Crippen molar-refractivity contribution in [3.8, 4) is 0 Å². The number of rotatable bonds is 5. The van der Waals surface area contributed by atoms with Crippen molar-refractivity contribution in [1.29, 1.82) is 0 Å². The number of thiocarbonyl (C=S) groups is 1. The first kappa shape index (κ1) is 19.9. The molecular weight excluding hydrogens is 455 g/mol. The number of ether oxygens (including phenoxy) is 1. The third kappa shape index (κ3) is 5.57. The monoisotopic (exact) mass is 472 g/mol. The standard InChI is InChI=1S/C19H19BrCl2N2OS/c20-14-4-7-16(8-5-14)23-19(26)24(12-17-2-1-9-25-17)11-13-3-6-15(21)10-18(13)22/h3-8,10,17H,1-2,9,11-12H2,(H,23,26). The third-order valence-electron chi connectivity index (χ3n) is 4.21. The van der Waals surface area contributed by atoms with Gasteiger partial charge in [0.25, 0.3) is 0 Å². The van der Waals surface area contributed by atoms with Gasteiger partial charge in [0.05, 0.1) is 6.10 Å². The molecule has 7 heteroatoms. The van der Waals surface area contributed by atoms with Gasteiger partial charge in [0, 0.05) is 39.9 Å². The highest BCUT2D eigenvalue weighted by Crippen LogP contribution is 2.24. The summed E-state index contributed by atoms with van der Waals surface area (Å²) in [7, 11) is 0. The first-order valence-corrected chi connectivity index (χ1v) is 10.3. The summed E-state index contributed by atoms with van der Waals surface area (Å²) < 4.78 is 6.82. The average Bonchev–Trinajstić information content (AvgIpc) is 3.11. The topological polar surface area (TPSA) is 24.5 Å². The minimum absolute atomic E-state index is 0.186. The van der Waals surface area contributed by atoms with Crippen LogP contribution in [0.1, 0.15) is 18.4 Å². The molecule has 1 N–H and O–H groups in total. The molecule has 0 radical (unpaired) electrons. The summed E-state index contributed by atoms with van der Waals surface area (Å²) in [6, 6.07) is 13.5. The molecule has 0 saturated carbocycles. The smallest absolute Gasteiger partial charge is 0.173 e. The van der Waals surface area contributed by atoms with Crippen molar-refractivity contribution in [1.82, 2.24) is 4.90 Å². The van der Waals surface area contributed by atoms with Crippen LogP contribution in [0, 0.1) is 0 Å². The first-order valence-electron chi connectivity index (χ1n) is 8.38. The molecule has 1 atom stereocenters. The SMILES string of the molecule is S=C(Nc1ccc(Br)cc1)N(Cc1ccc(Cl)cc1Cl)CC1CCCO1. The molecule has 0 amide bonds. The van der Waals surface area contributed by atoms with E-state index in [-0.39, 0.29) is 6.10 Å². The fraction of sp³-hybridized carbons (Fsp3) is 0.316. The van der Waals surface area contributed by atoms with Crippen LogP contribution < -0.4 is 5.32 Å². The number of halogens is 3. The van der Waals surface area contributed by atoms with Gasteiger partial charge in [-0.2, -0.15) is 0 Å². The maximum atomic E-state index is 6.36. The summed E-state index contributed by atoms with van der Waals surface area (Å²) in [4.78, 5) is 2.10. The van der Waals surface area contributed by atoms with Crippen LogP contribution in [-0.2, 0) is 11.3 Å². The van der Waals surface area contributed by atoms with Crippen LogP contribution >= 0.6 is 51.3 Å². The van der Waals surface area contributed by atoms with Crippen LogP contribution in [0.3, 0.4) is 0 Å². The summed E-state index contributed by atoms with van der Waals surface area (Å²) in [5, 5.41) is 5.22. The van der Waals surface area contributed by atoms with E-state index in [0.717, 1.165) is 41.7 Å². The second-order valence-electron chi connectivity index (χ2n) is 6.19. The van der Waals surface area contributed by atoms with Crippen molar-refractivity contribution < 1.29 is 4.74 Å². The summed E-state index contributed by atoms with van der Waals surface area (Å²) in [5.74, 6) is 0. The molecule has 1 heterocycles. The van der Waals surface area contributed by atoms with Crippen LogP contribution in [0.5, 0.6) is 0 Å². The van der Waals surface area contributed by atoms with E-state index < -0.39 is 0 Å². The summed E-state index contributed by atoms with van der Waals surface area (Å²) in [6.45, 7) is 2.13. The van der Waals surface area contributed by atoms with Gasteiger partial charge < -0.3 is 15.0 Å². The van der Waals surface area contributed by atoms with Crippen LogP contribution in [0.15, 0.2) is 46.9 Å². The Kier molecular flexibility index (Phi) is 7.18. The van der Waals surface area contributed by atoms with E-state index >= 15 is 0 Å². The molecule has 0 aliphatic carbocycles. The van der Waals surface area contributed by atoms with Crippen LogP contribution in [-0.4, -0.2) is 29.3 Å². The van der Waals surface area contributed by atoms with E-state index in [1.807, 2.05) is 36.4 Å². The summed E-state index contributed by atoms with van der Waals surface area (Å²) in [5.41, 5.74) is 1.92. The Morgan fingerprint density at radius 3 is 2.65 bits per heavy atom. The highest BCUT2D eigenvalue weighted by atomic mass is 79.9. The van der Waals surface area contributed by atoms with E-state index in [9.17, 15) is 0 Å².